The van der Waals surface area contributed by atoms with Gasteiger partial charge in [-0.15, -0.1) is 0 Å². The zero-order chi connectivity index (χ0) is 14.0. The standard InChI is InChI=1S/C11H9NO5S2/c13-5-7-2-1-6(17-7)3-8-10(16)12(4-9(14)15)11(18)19-8/h1-3,13H,4-5H2,(H,14,15). The van der Waals surface area contributed by atoms with E-state index in [0.29, 0.717) is 16.4 Å². The largest absolute Gasteiger partial charge is 0.480 e. The van der Waals surface area contributed by atoms with Crippen LogP contribution in [0.25, 0.3) is 6.08 Å². The van der Waals surface area contributed by atoms with Crippen molar-refractivity contribution in [3.8, 4) is 0 Å². The van der Waals surface area contributed by atoms with E-state index in [1.807, 2.05) is 0 Å². The molecule has 1 aromatic rings. The summed E-state index contributed by atoms with van der Waals surface area (Å²) in [4.78, 5) is 23.9. The van der Waals surface area contributed by atoms with Gasteiger partial charge in [-0.3, -0.25) is 14.5 Å². The van der Waals surface area contributed by atoms with Gasteiger partial charge in [-0.05, 0) is 12.1 Å². The SMILES string of the molecule is O=C(O)CN1C(=O)C(=Cc2ccc(CO)o2)SC1=S. The number of amides is 1. The number of hydrogen-bond acceptors (Lipinski definition) is 6. The van der Waals surface area contributed by atoms with Crippen molar-refractivity contribution in [2.24, 2.45) is 0 Å². The monoisotopic (exact) mass is 299 g/mol. The van der Waals surface area contributed by atoms with Gasteiger partial charge in [-0.2, -0.15) is 0 Å². The molecule has 1 amide bonds. The second-order valence-corrected chi connectivity index (χ2v) is 5.30. The summed E-state index contributed by atoms with van der Waals surface area (Å²) < 4.78 is 5.43. The zero-order valence-corrected chi connectivity index (χ0v) is 11.2. The average molecular weight is 299 g/mol. The van der Waals surface area contributed by atoms with E-state index in [1.165, 1.54) is 6.08 Å². The number of carboxylic acid groups (broad SMARTS) is 1. The van der Waals surface area contributed by atoms with Crippen LogP contribution in [0.5, 0.6) is 0 Å². The van der Waals surface area contributed by atoms with Crippen LogP contribution in [-0.2, 0) is 16.2 Å². The summed E-state index contributed by atoms with van der Waals surface area (Å²) in [5, 5.41) is 17.6. The Kier molecular flexibility index (Phi) is 4.03. The molecule has 8 heteroatoms. The number of carbonyl (C=O) groups excluding carboxylic acids is 1. The van der Waals surface area contributed by atoms with Crippen LogP contribution >= 0.6 is 24.0 Å². The van der Waals surface area contributed by atoms with E-state index in [2.05, 4.69) is 0 Å². The summed E-state index contributed by atoms with van der Waals surface area (Å²) in [5.74, 6) is -0.801. The molecule has 1 fully saturated rings. The molecular weight excluding hydrogens is 290 g/mol. The zero-order valence-electron chi connectivity index (χ0n) is 9.53. The van der Waals surface area contributed by atoms with Gasteiger partial charge in [0.2, 0.25) is 0 Å². The Morgan fingerprint density at radius 1 is 1.53 bits per heavy atom. The lowest BCUT2D eigenvalue weighted by Gasteiger charge is -2.09. The first kappa shape index (κ1) is 13.8. The molecule has 0 aromatic carbocycles. The number of carboxylic acids is 1. The van der Waals surface area contributed by atoms with Gasteiger partial charge in [0.15, 0.2) is 0 Å². The summed E-state index contributed by atoms with van der Waals surface area (Å²) in [5.41, 5.74) is 0. The molecule has 19 heavy (non-hydrogen) atoms. The van der Waals surface area contributed by atoms with Crippen molar-refractivity contribution in [3.63, 3.8) is 0 Å². The van der Waals surface area contributed by atoms with E-state index in [1.54, 1.807) is 12.1 Å². The van der Waals surface area contributed by atoms with Crippen LogP contribution in [0.3, 0.4) is 0 Å². The van der Waals surface area contributed by atoms with E-state index >= 15 is 0 Å². The molecule has 0 radical (unpaired) electrons. The van der Waals surface area contributed by atoms with E-state index in [-0.39, 0.29) is 10.9 Å². The van der Waals surface area contributed by atoms with Gasteiger partial charge >= 0.3 is 5.97 Å². The van der Waals surface area contributed by atoms with Gasteiger partial charge in [-0.25, -0.2) is 0 Å². The van der Waals surface area contributed by atoms with Gasteiger partial charge in [0, 0.05) is 6.08 Å². The highest BCUT2D eigenvalue weighted by molar-refractivity contribution is 8.26. The molecule has 6 nitrogen and oxygen atoms in total. The normalized spacial score (nSPS) is 17.5. The molecule has 100 valence electrons. The Balaban J connectivity index is 2.20. The maximum atomic E-state index is 11.9. The molecule has 1 saturated heterocycles. The van der Waals surface area contributed by atoms with Crippen LogP contribution in [0.15, 0.2) is 21.5 Å². The summed E-state index contributed by atoms with van der Waals surface area (Å²) in [6.07, 6.45) is 1.47. The molecule has 0 bridgehead atoms. The molecule has 0 unspecified atom stereocenters. The van der Waals surface area contributed by atoms with E-state index in [0.717, 1.165) is 16.7 Å². The summed E-state index contributed by atoms with van der Waals surface area (Å²) in [7, 11) is 0. The Bertz CT molecular complexity index is 577. The number of furan rings is 1. The van der Waals surface area contributed by atoms with Crippen LogP contribution in [-0.4, -0.2) is 37.9 Å². The first-order chi connectivity index (χ1) is 9.01. The lowest BCUT2D eigenvalue weighted by Crippen LogP contribution is -2.33. The van der Waals surface area contributed by atoms with Crippen LogP contribution in [0.4, 0.5) is 0 Å². The van der Waals surface area contributed by atoms with Crippen LogP contribution < -0.4 is 0 Å². The summed E-state index contributed by atoms with van der Waals surface area (Å²) >= 11 is 5.97. The third-order valence-corrected chi connectivity index (χ3v) is 3.66. The van der Waals surface area contributed by atoms with Gasteiger partial charge in [0.1, 0.15) is 29.0 Å². The van der Waals surface area contributed by atoms with Crippen LogP contribution in [0, 0.1) is 0 Å². The fraction of sp³-hybridized carbons (Fsp3) is 0.182. The van der Waals surface area contributed by atoms with Gasteiger partial charge in [0.05, 0.1) is 4.91 Å². The van der Waals surface area contributed by atoms with Crippen molar-refractivity contribution in [1.29, 1.82) is 0 Å². The molecule has 1 aliphatic rings. The number of nitrogens with zero attached hydrogens (tertiary/aromatic N) is 1. The molecule has 1 aromatic heterocycles. The first-order valence-electron chi connectivity index (χ1n) is 5.18. The molecule has 0 saturated carbocycles. The maximum absolute atomic E-state index is 11.9. The molecule has 0 atom stereocenters. The molecule has 0 aliphatic carbocycles. The van der Waals surface area contributed by atoms with Crippen LogP contribution in [0.2, 0.25) is 0 Å². The molecule has 1 aliphatic heterocycles. The predicted octanol–water partition coefficient (Wildman–Crippen LogP) is 1.06. The van der Waals surface area contributed by atoms with Crippen molar-refractivity contribution in [2.45, 2.75) is 6.61 Å². The highest BCUT2D eigenvalue weighted by atomic mass is 32.2. The number of hydrogen-bond donors (Lipinski definition) is 2. The van der Waals surface area contributed by atoms with Crippen LogP contribution in [0.1, 0.15) is 11.5 Å². The van der Waals surface area contributed by atoms with E-state index in [9.17, 15) is 9.59 Å². The Hall–Kier alpha value is -1.64. The highest BCUT2D eigenvalue weighted by Gasteiger charge is 2.33. The second kappa shape index (κ2) is 5.55. The minimum absolute atomic E-state index is 0.201. The van der Waals surface area contributed by atoms with Crippen molar-refractivity contribution < 1.29 is 24.2 Å². The third-order valence-electron chi connectivity index (χ3n) is 2.28. The van der Waals surface area contributed by atoms with Crippen molar-refractivity contribution in [1.82, 2.24) is 4.90 Å². The number of carbonyl (C=O) groups is 2. The lowest BCUT2D eigenvalue weighted by atomic mass is 10.3. The number of aliphatic hydroxyl groups excluding tert-OH is 1. The van der Waals surface area contributed by atoms with Gasteiger partial charge in [-0.1, -0.05) is 24.0 Å². The summed E-state index contributed by atoms with van der Waals surface area (Å²) in [6.45, 7) is -0.685. The first-order valence-corrected chi connectivity index (χ1v) is 6.40. The number of thiocarbonyl (C=S) groups is 1. The molecule has 2 rings (SSSR count). The highest BCUT2D eigenvalue weighted by Crippen LogP contribution is 2.32. The Morgan fingerprint density at radius 3 is 2.84 bits per heavy atom. The lowest BCUT2D eigenvalue weighted by molar-refractivity contribution is -0.140. The fourth-order valence-corrected chi connectivity index (χ4v) is 2.69. The van der Waals surface area contributed by atoms with E-state index < -0.39 is 18.4 Å². The minimum Gasteiger partial charge on any atom is -0.480 e. The Labute approximate surface area is 117 Å². The Morgan fingerprint density at radius 2 is 2.26 bits per heavy atom. The molecular formula is C11H9NO5S2. The maximum Gasteiger partial charge on any atom is 0.323 e. The minimum atomic E-state index is -1.13. The number of rotatable bonds is 4. The van der Waals surface area contributed by atoms with Gasteiger partial charge < -0.3 is 14.6 Å². The van der Waals surface area contributed by atoms with Crippen molar-refractivity contribution in [2.75, 3.05) is 6.54 Å². The fourth-order valence-electron chi connectivity index (χ4n) is 1.46. The number of thioether (sulfide) groups is 1. The predicted molar refractivity (Wildman–Crippen MR) is 72.1 cm³/mol. The summed E-state index contributed by atoms with van der Waals surface area (Å²) in [6, 6.07) is 3.19. The van der Waals surface area contributed by atoms with E-state index in [4.69, 9.17) is 26.8 Å². The molecule has 2 N–H and O–H groups in total. The average Bonchev–Trinajstić information content (AvgIpc) is 2.90. The number of aliphatic carboxylic acids is 1. The number of aliphatic hydroxyl groups is 1. The third kappa shape index (κ3) is 3.03. The second-order valence-electron chi connectivity index (χ2n) is 3.62. The van der Waals surface area contributed by atoms with Crippen molar-refractivity contribution in [3.05, 3.63) is 28.6 Å². The smallest absolute Gasteiger partial charge is 0.323 e. The molecule has 2 heterocycles. The topological polar surface area (TPSA) is 91.0 Å². The molecule has 0 spiro atoms. The van der Waals surface area contributed by atoms with Crippen molar-refractivity contribution >= 4 is 46.3 Å². The van der Waals surface area contributed by atoms with Gasteiger partial charge in [0.25, 0.3) is 5.91 Å². The quantitative estimate of drug-likeness (QED) is 0.634.